The third kappa shape index (κ3) is 1.67. The fraction of sp³-hybridized carbons (Fsp3) is 0.500. The summed E-state index contributed by atoms with van der Waals surface area (Å²) in [4.78, 5) is 0. The van der Waals surface area contributed by atoms with Crippen LogP contribution in [0.25, 0.3) is 0 Å². The van der Waals surface area contributed by atoms with Crippen LogP contribution in [0.4, 0.5) is 8.78 Å². The summed E-state index contributed by atoms with van der Waals surface area (Å²) >= 11 is 0. The van der Waals surface area contributed by atoms with E-state index in [0.717, 1.165) is 6.07 Å². The Hall–Kier alpha value is -1.16. The molecule has 0 radical (unpaired) electrons. The fourth-order valence-corrected chi connectivity index (χ4v) is 2.08. The Kier molecular flexibility index (Phi) is 2.62. The number of halogens is 2. The normalized spacial score (nSPS) is 22.7. The Morgan fingerprint density at radius 3 is 2.44 bits per heavy atom. The Bertz CT molecular complexity index is 418. The van der Waals surface area contributed by atoms with Crippen molar-refractivity contribution in [2.75, 3.05) is 13.7 Å². The molecule has 1 unspecified atom stereocenters. The van der Waals surface area contributed by atoms with Crippen molar-refractivity contribution in [3.63, 3.8) is 0 Å². The highest BCUT2D eigenvalue weighted by molar-refractivity contribution is 5.36. The summed E-state index contributed by atoms with van der Waals surface area (Å²) in [5, 5.41) is 3.19. The van der Waals surface area contributed by atoms with Gasteiger partial charge in [-0.15, -0.1) is 0 Å². The van der Waals surface area contributed by atoms with Crippen LogP contribution in [0.5, 0.6) is 5.75 Å². The van der Waals surface area contributed by atoms with Gasteiger partial charge in [0.15, 0.2) is 11.6 Å². The van der Waals surface area contributed by atoms with Gasteiger partial charge in [0.25, 0.3) is 0 Å². The number of methoxy groups -OCH3 is 1. The standard InChI is InChI=1S/C12H15F2NO/c1-12(2)8(6-15-12)7-4-10(14)11(16-3)5-9(7)13/h4-5,8,15H,6H2,1-3H3. The van der Waals surface area contributed by atoms with Crippen LogP contribution in [-0.4, -0.2) is 19.2 Å². The van der Waals surface area contributed by atoms with Crippen molar-refractivity contribution < 1.29 is 13.5 Å². The average Bonchev–Trinajstić information content (AvgIpc) is 2.21. The van der Waals surface area contributed by atoms with E-state index in [1.54, 1.807) is 0 Å². The molecule has 2 rings (SSSR count). The van der Waals surface area contributed by atoms with Gasteiger partial charge in [-0.1, -0.05) is 0 Å². The largest absolute Gasteiger partial charge is 0.494 e. The van der Waals surface area contributed by atoms with Gasteiger partial charge in [0, 0.05) is 24.1 Å². The smallest absolute Gasteiger partial charge is 0.165 e. The first kappa shape index (κ1) is 11.3. The number of benzene rings is 1. The van der Waals surface area contributed by atoms with E-state index in [0.29, 0.717) is 12.1 Å². The summed E-state index contributed by atoms with van der Waals surface area (Å²) in [6.07, 6.45) is 0. The van der Waals surface area contributed by atoms with E-state index in [2.05, 4.69) is 5.32 Å². The van der Waals surface area contributed by atoms with Crippen LogP contribution in [-0.2, 0) is 0 Å². The number of nitrogens with one attached hydrogen (secondary N) is 1. The molecule has 1 aliphatic rings. The van der Waals surface area contributed by atoms with Crippen molar-refractivity contribution >= 4 is 0 Å². The molecule has 0 spiro atoms. The lowest BCUT2D eigenvalue weighted by molar-refractivity contribution is 0.203. The van der Waals surface area contributed by atoms with Gasteiger partial charge in [-0.25, -0.2) is 8.78 Å². The maximum Gasteiger partial charge on any atom is 0.165 e. The maximum absolute atomic E-state index is 13.8. The lowest BCUT2D eigenvalue weighted by Gasteiger charge is -2.46. The van der Waals surface area contributed by atoms with Crippen LogP contribution in [0.15, 0.2) is 12.1 Å². The molecule has 0 saturated carbocycles. The van der Waals surface area contributed by atoms with E-state index >= 15 is 0 Å². The molecule has 16 heavy (non-hydrogen) atoms. The molecule has 0 aromatic heterocycles. The fourth-order valence-electron chi connectivity index (χ4n) is 2.08. The van der Waals surface area contributed by atoms with Gasteiger partial charge < -0.3 is 10.1 Å². The predicted molar refractivity (Wildman–Crippen MR) is 57.7 cm³/mol. The lowest BCUT2D eigenvalue weighted by Crippen LogP contribution is -2.59. The molecule has 1 fully saturated rings. The third-order valence-corrected chi connectivity index (χ3v) is 3.28. The zero-order valence-electron chi connectivity index (χ0n) is 9.60. The molecule has 1 saturated heterocycles. The molecule has 1 atom stereocenters. The van der Waals surface area contributed by atoms with E-state index < -0.39 is 11.6 Å². The highest BCUT2D eigenvalue weighted by Crippen LogP contribution is 2.37. The van der Waals surface area contributed by atoms with Gasteiger partial charge in [0.05, 0.1) is 7.11 Å². The second-order valence-electron chi connectivity index (χ2n) is 4.66. The van der Waals surface area contributed by atoms with E-state index in [1.807, 2.05) is 13.8 Å². The highest BCUT2D eigenvalue weighted by Gasteiger charge is 2.40. The zero-order valence-corrected chi connectivity index (χ0v) is 9.60. The van der Waals surface area contributed by atoms with Gasteiger partial charge in [-0.2, -0.15) is 0 Å². The van der Waals surface area contributed by atoms with E-state index in [-0.39, 0.29) is 17.2 Å². The van der Waals surface area contributed by atoms with Gasteiger partial charge in [0.2, 0.25) is 0 Å². The van der Waals surface area contributed by atoms with Crippen LogP contribution in [0.2, 0.25) is 0 Å². The average molecular weight is 227 g/mol. The first-order valence-electron chi connectivity index (χ1n) is 5.23. The number of hydrogen-bond donors (Lipinski definition) is 1. The highest BCUT2D eigenvalue weighted by atomic mass is 19.1. The minimum atomic E-state index is -0.512. The van der Waals surface area contributed by atoms with Gasteiger partial charge in [0.1, 0.15) is 5.82 Å². The van der Waals surface area contributed by atoms with Crippen molar-refractivity contribution in [3.8, 4) is 5.75 Å². The molecule has 1 aromatic rings. The summed E-state index contributed by atoms with van der Waals surface area (Å²) in [6, 6.07) is 2.35. The summed E-state index contributed by atoms with van der Waals surface area (Å²) in [5.74, 6) is -0.960. The monoisotopic (exact) mass is 227 g/mol. The molecule has 88 valence electrons. The van der Waals surface area contributed by atoms with Crippen molar-refractivity contribution in [3.05, 3.63) is 29.3 Å². The molecule has 2 nitrogen and oxygen atoms in total. The van der Waals surface area contributed by atoms with Gasteiger partial charge >= 0.3 is 0 Å². The Morgan fingerprint density at radius 1 is 1.31 bits per heavy atom. The molecule has 0 aliphatic carbocycles. The van der Waals surface area contributed by atoms with Crippen molar-refractivity contribution in [2.45, 2.75) is 25.3 Å². The SMILES string of the molecule is COc1cc(F)c(C2CNC2(C)C)cc1F. The Balaban J connectivity index is 2.39. The first-order valence-corrected chi connectivity index (χ1v) is 5.23. The molecule has 0 amide bonds. The lowest BCUT2D eigenvalue weighted by atomic mass is 9.75. The van der Waals surface area contributed by atoms with Crippen LogP contribution < -0.4 is 10.1 Å². The molecular formula is C12H15F2NO. The topological polar surface area (TPSA) is 21.3 Å². The second-order valence-corrected chi connectivity index (χ2v) is 4.66. The van der Waals surface area contributed by atoms with E-state index in [4.69, 9.17) is 4.74 Å². The molecule has 1 aromatic carbocycles. The van der Waals surface area contributed by atoms with Crippen molar-refractivity contribution in [2.24, 2.45) is 0 Å². The summed E-state index contributed by atoms with van der Waals surface area (Å²) in [7, 11) is 1.33. The molecule has 0 bridgehead atoms. The van der Waals surface area contributed by atoms with E-state index in [9.17, 15) is 8.78 Å². The second kappa shape index (κ2) is 3.70. The number of hydrogen-bond acceptors (Lipinski definition) is 2. The molecule has 1 N–H and O–H groups in total. The summed E-state index contributed by atoms with van der Waals surface area (Å²) < 4.78 is 32.0. The van der Waals surface area contributed by atoms with Crippen molar-refractivity contribution in [1.29, 1.82) is 0 Å². The van der Waals surface area contributed by atoms with Crippen LogP contribution >= 0.6 is 0 Å². The Morgan fingerprint density at radius 2 is 2.00 bits per heavy atom. The molecule has 4 heteroatoms. The molecule has 1 aliphatic heterocycles. The third-order valence-electron chi connectivity index (χ3n) is 3.28. The number of rotatable bonds is 2. The number of ether oxygens (including phenoxy) is 1. The van der Waals surface area contributed by atoms with E-state index in [1.165, 1.54) is 13.2 Å². The first-order chi connectivity index (χ1) is 7.45. The predicted octanol–water partition coefficient (Wildman–Crippen LogP) is 2.44. The molecule has 1 heterocycles. The summed E-state index contributed by atoms with van der Waals surface area (Å²) in [6.45, 7) is 4.63. The minimum Gasteiger partial charge on any atom is -0.494 e. The zero-order chi connectivity index (χ0) is 11.9. The quantitative estimate of drug-likeness (QED) is 0.837. The van der Waals surface area contributed by atoms with Crippen LogP contribution in [0.1, 0.15) is 25.3 Å². The maximum atomic E-state index is 13.8. The summed E-state index contributed by atoms with van der Waals surface area (Å²) in [5.41, 5.74) is 0.240. The van der Waals surface area contributed by atoms with Gasteiger partial charge in [-0.05, 0) is 25.5 Å². The van der Waals surface area contributed by atoms with Crippen LogP contribution in [0, 0.1) is 11.6 Å². The van der Waals surface area contributed by atoms with Crippen molar-refractivity contribution in [1.82, 2.24) is 5.32 Å². The van der Waals surface area contributed by atoms with Gasteiger partial charge in [-0.3, -0.25) is 0 Å². The Labute approximate surface area is 93.6 Å². The minimum absolute atomic E-state index is 0.00732. The molecular weight excluding hydrogens is 212 g/mol. The van der Waals surface area contributed by atoms with Crippen LogP contribution in [0.3, 0.4) is 0 Å².